The predicted molar refractivity (Wildman–Crippen MR) is 115 cm³/mol. The number of aromatic nitrogens is 5. The summed E-state index contributed by atoms with van der Waals surface area (Å²) in [4.78, 5) is 35.7. The van der Waals surface area contributed by atoms with Gasteiger partial charge in [-0.25, -0.2) is 14.5 Å². The predicted octanol–water partition coefficient (Wildman–Crippen LogP) is 1.95. The molecule has 5 rings (SSSR count). The molecule has 10 heteroatoms. The first-order valence-electron chi connectivity index (χ1n) is 10.5. The molecule has 3 aromatic rings. The lowest BCUT2D eigenvalue weighted by molar-refractivity contribution is -0.133. The van der Waals surface area contributed by atoms with Crippen LogP contribution in [0.5, 0.6) is 5.88 Å². The Balaban J connectivity index is 1.12. The number of hydrogen-bond acceptors (Lipinski definition) is 7. The van der Waals surface area contributed by atoms with Crippen LogP contribution in [-0.2, 0) is 4.79 Å². The zero-order valence-corrected chi connectivity index (χ0v) is 18.1. The van der Waals surface area contributed by atoms with E-state index in [0.717, 1.165) is 35.1 Å². The molecule has 0 spiro atoms. The number of amides is 1. The normalized spacial score (nSPS) is 19.0. The highest BCUT2D eigenvalue weighted by atomic mass is 32.2. The number of carbonyl (C=O) groups is 1. The van der Waals surface area contributed by atoms with Gasteiger partial charge in [-0.2, -0.15) is 0 Å². The van der Waals surface area contributed by atoms with Gasteiger partial charge in [-0.1, -0.05) is 11.8 Å². The summed E-state index contributed by atoms with van der Waals surface area (Å²) in [5, 5.41) is 5.11. The van der Waals surface area contributed by atoms with E-state index in [1.165, 1.54) is 6.07 Å². The Kier molecular flexibility index (Phi) is 5.39. The Hall–Kier alpha value is -2.88. The van der Waals surface area contributed by atoms with E-state index in [4.69, 9.17) is 4.74 Å². The molecule has 3 aromatic heterocycles. The molecule has 2 aliphatic rings. The summed E-state index contributed by atoms with van der Waals surface area (Å²) in [6.07, 6.45) is 5.64. The molecule has 0 radical (unpaired) electrons. The van der Waals surface area contributed by atoms with Crippen molar-refractivity contribution in [1.82, 2.24) is 29.0 Å². The van der Waals surface area contributed by atoms with Gasteiger partial charge in [0.1, 0.15) is 0 Å². The summed E-state index contributed by atoms with van der Waals surface area (Å²) >= 11 is 1.55. The van der Waals surface area contributed by atoms with E-state index < -0.39 is 0 Å². The van der Waals surface area contributed by atoms with Crippen LogP contribution in [0.15, 0.2) is 40.5 Å². The number of piperidine rings is 1. The van der Waals surface area contributed by atoms with Crippen molar-refractivity contribution in [3.05, 3.63) is 46.6 Å². The molecule has 2 aliphatic heterocycles. The van der Waals surface area contributed by atoms with Crippen LogP contribution in [-0.4, -0.2) is 60.4 Å². The molecule has 9 nitrogen and oxygen atoms in total. The van der Waals surface area contributed by atoms with Crippen molar-refractivity contribution in [2.45, 2.75) is 37.4 Å². The van der Waals surface area contributed by atoms with Crippen molar-refractivity contribution in [1.29, 1.82) is 0 Å². The minimum atomic E-state index is -0.113. The number of carbonyl (C=O) groups excluding carboxylic acids is 1. The van der Waals surface area contributed by atoms with Gasteiger partial charge in [0.15, 0.2) is 10.8 Å². The highest BCUT2D eigenvalue weighted by Crippen LogP contribution is 2.32. The number of ether oxygens (including phenoxy) is 1. The fraction of sp³-hybridized carbons (Fsp3) is 0.476. The zero-order valence-electron chi connectivity index (χ0n) is 17.3. The van der Waals surface area contributed by atoms with Crippen LogP contribution in [0.2, 0.25) is 0 Å². The second kappa shape index (κ2) is 8.33. The topological polar surface area (TPSA) is 94.6 Å². The van der Waals surface area contributed by atoms with Crippen molar-refractivity contribution in [2.24, 2.45) is 5.92 Å². The lowest BCUT2D eigenvalue weighted by Crippen LogP contribution is -2.41. The number of thioether (sulfide) groups is 1. The van der Waals surface area contributed by atoms with Gasteiger partial charge in [-0.15, -0.1) is 5.10 Å². The van der Waals surface area contributed by atoms with Gasteiger partial charge < -0.3 is 9.64 Å². The number of aryl methyl sites for hydroxylation is 1. The Bertz CT molecular complexity index is 1170. The summed E-state index contributed by atoms with van der Waals surface area (Å²) in [6, 6.07) is 5.14. The third kappa shape index (κ3) is 4.16. The van der Waals surface area contributed by atoms with E-state index in [-0.39, 0.29) is 17.5 Å². The Morgan fingerprint density at radius 2 is 2.13 bits per heavy atom. The second-order valence-corrected chi connectivity index (χ2v) is 9.08. The molecule has 1 atom stereocenters. The van der Waals surface area contributed by atoms with Crippen LogP contribution in [0, 0.1) is 12.8 Å². The summed E-state index contributed by atoms with van der Waals surface area (Å²) < 4.78 is 9.25. The van der Waals surface area contributed by atoms with Crippen molar-refractivity contribution >= 4 is 23.3 Å². The fourth-order valence-electron chi connectivity index (χ4n) is 4.17. The third-order valence-electron chi connectivity index (χ3n) is 5.89. The first kappa shape index (κ1) is 20.0. The average Bonchev–Trinajstić information content (AvgIpc) is 3.39. The molecule has 31 heavy (non-hydrogen) atoms. The van der Waals surface area contributed by atoms with E-state index in [1.54, 1.807) is 33.2 Å². The van der Waals surface area contributed by atoms with Crippen LogP contribution in [0.1, 0.15) is 31.0 Å². The smallest absolute Gasteiger partial charge is 0.254 e. The molecule has 5 heterocycles. The van der Waals surface area contributed by atoms with Crippen LogP contribution in [0.3, 0.4) is 0 Å². The molecule has 0 saturated carbocycles. The number of fused-ring (bicyclic) bond motifs is 2. The first-order valence-corrected chi connectivity index (χ1v) is 11.5. The van der Waals surface area contributed by atoms with Crippen LogP contribution in [0.4, 0.5) is 0 Å². The highest BCUT2D eigenvalue weighted by Gasteiger charge is 2.30. The molecule has 1 amide bonds. The molecule has 0 bridgehead atoms. The van der Waals surface area contributed by atoms with Gasteiger partial charge in [-0.05, 0) is 31.7 Å². The maximum Gasteiger partial charge on any atom is 0.254 e. The maximum absolute atomic E-state index is 12.9. The summed E-state index contributed by atoms with van der Waals surface area (Å²) in [6.45, 7) is 3.84. The minimum absolute atomic E-state index is 0.0661. The third-order valence-corrected chi connectivity index (χ3v) is 6.99. The van der Waals surface area contributed by atoms with Gasteiger partial charge in [0.2, 0.25) is 11.8 Å². The highest BCUT2D eigenvalue weighted by molar-refractivity contribution is 7.99. The van der Waals surface area contributed by atoms with Crippen molar-refractivity contribution < 1.29 is 9.53 Å². The second-order valence-electron chi connectivity index (χ2n) is 8.09. The van der Waals surface area contributed by atoms with Gasteiger partial charge in [0, 0.05) is 55.5 Å². The molecule has 1 saturated heterocycles. The molecule has 1 fully saturated rings. The van der Waals surface area contributed by atoms with Gasteiger partial charge in [0.25, 0.3) is 5.56 Å². The van der Waals surface area contributed by atoms with Crippen molar-refractivity contribution in [3.63, 3.8) is 0 Å². The molecule has 0 aliphatic carbocycles. The summed E-state index contributed by atoms with van der Waals surface area (Å²) in [7, 11) is 0. The van der Waals surface area contributed by atoms with E-state index in [9.17, 15) is 9.59 Å². The standard InChI is InChI=1S/C21H24N6O3S/c1-14-10-20(29)27-16(13-31-21(27)23-14)11-19(28)25-7-4-15(5-8-25)12-30-18-3-2-17-22-6-9-26(17)24-18/h2-3,6,9-10,15-16H,4-5,7-8,11-13H2,1H3. The minimum Gasteiger partial charge on any atom is -0.476 e. The van der Waals surface area contributed by atoms with Crippen molar-refractivity contribution in [3.8, 4) is 5.88 Å². The van der Waals surface area contributed by atoms with Gasteiger partial charge >= 0.3 is 0 Å². The largest absolute Gasteiger partial charge is 0.476 e. The van der Waals surface area contributed by atoms with Crippen LogP contribution in [0.25, 0.3) is 5.65 Å². The number of imidazole rings is 1. The van der Waals surface area contributed by atoms with Gasteiger partial charge in [-0.3, -0.25) is 14.2 Å². The van der Waals surface area contributed by atoms with E-state index in [1.807, 2.05) is 24.0 Å². The molecule has 1 unspecified atom stereocenters. The Morgan fingerprint density at radius 3 is 2.97 bits per heavy atom. The Morgan fingerprint density at radius 1 is 1.29 bits per heavy atom. The number of hydrogen-bond donors (Lipinski definition) is 0. The summed E-state index contributed by atoms with van der Waals surface area (Å²) in [5.41, 5.74) is 1.44. The fourth-order valence-corrected chi connectivity index (χ4v) is 5.37. The van der Waals surface area contributed by atoms with Crippen molar-refractivity contribution in [2.75, 3.05) is 25.4 Å². The first-order chi connectivity index (χ1) is 15.1. The van der Waals surface area contributed by atoms with Crippen LogP contribution < -0.4 is 10.3 Å². The molecule has 0 aromatic carbocycles. The number of likely N-dealkylation sites (tertiary alicyclic amines) is 1. The molecule has 0 N–H and O–H groups in total. The monoisotopic (exact) mass is 440 g/mol. The number of nitrogens with zero attached hydrogens (tertiary/aromatic N) is 6. The maximum atomic E-state index is 12.9. The lowest BCUT2D eigenvalue weighted by atomic mass is 9.97. The molecular formula is C21H24N6O3S. The van der Waals surface area contributed by atoms with E-state index >= 15 is 0 Å². The summed E-state index contributed by atoms with van der Waals surface area (Å²) in [5.74, 6) is 1.80. The molecular weight excluding hydrogens is 416 g/mol. The lowest BCUT2D eigenvalue weighted by Gasteiger charge is -2.32. The molecule has 162 valence electrons. The SMILES string of the molecule is Cc1cc(=O)n2c(n1)SCC2CC(=O)N1CCC(COc2ccc3nccn3n2)CC1. The number of rotatable bonds is 5. The average molecular weight is 441 g/mol. The quantitative estimate of drug-likeness (QED) is 0.560. The Labute approximate surface area is 183 Å². The van der Waals surface area contributed by atoms with Gasteiger partial charge in [0.05, 0.1) is 12.6 Å². The van der Waals surface area contributed by atoms with Crippen LogP contribution >= 0.6 is 11.8 Å². The van der Waals surface area contributed by atoms with E-state index in [0.29, 0.717) is 37.9 Å². The zero-order chi connectivity index (χ0) is 21.4. The van der Waals surface area contributed by atoms with E-state index in [2.05, 4.69) is 15.1 Å².